The van der Waals surface area contributed by atoms with Crippen LogP contribution < -0.4 is 14.8 Å². The monoisotopic (exact) mass is 296 g/mol. The standard InChI is InChI=1S/C14H24N4O3/c1-5-15-12-16-13(19-6-2)18-14(17-12)21-11-7-9(3)20-10(4)8-11/h9-11H,5-8H2,1-4H3,(H,15,16,17,18). The third kappa shape index (κ3) is 4.70. The number of aromatic nitrogens is 3. The number of nitrogens with one attached hydrogen (secondary N) is 1. The van der Waals surface area contributed by atoms with Crippen LogP contribution in [0.5, 0.6) is 12.0 Å². The molecule has 1 saturated heterocycles. The second kappa shape index (κ2) is 7.40. The molecule has 7 nitrogen and oxygen atoms in total. The van der Waals surface area contributed by atoms with Gasteiger partial charge in [-0.2, -0.15) is 9.97 Å². The van der Waals surface area contributed by atoms with Gasteiger partial charge in [0.15, 0.2) is 0 Å². The summed E-state index contributed by atoms with van der Waals surface area (Å²) in [6.45, 7) is 9.19. The molecule has 2 heterocycles. The molecule has 0 radical (unpaired) electrons. The minimum atomic E-state index is 0.0510. The lowest BCUT2D eigenvalue weighted by Crippen LogP contribution is -2.36. The highest BCUT2D eigenvalue weighted by Crippen LogP contribution is 2.23. The van der Waals surface area contributed by atoms with Crippen LogP contribution in [0.25, 0.3) is 0 Å². The van der Waals surface area contributed by atoms with Gasteiger partial charge >= 0.3 is 12.0 Å². The maximum absolute atomic E-state index is 5.91. The van der Waals surface area contributed by atoms with Gasteiger partial charge in [0.1, 0.15) is 6.10 Å². The summed E-state index contributed by atoms with van der Waals surface area (Å²) in [5.41, 5.74) is 0. The van der Waals surface area contributed by atoms with E-state index in [9.17, 15) is 0 Å². The fraction of sp³-hybridized carbons (Fsp3) is 0.786. The van der Waals surface area contributed by atoms with Crippen LogP contribution in [-0.2, 0) is 4.74 Å². The smallest absolute Gasteiger partial charge is 0.324 e. The summed E-state index contributed by atoms with van der Waals surface area (Å²) in [5.74, 6) is 0.471. The van der Waals surface area contributed by atoms with Crippen LogP contribution >= 0.6 is 0 Å². The maximum atomic E-state index is 5.91. The molecule has 2 rings (SSSR count). The minimum absolute atomic E-state index is 0.0510. The Hall–Kier alpha value is -1.63. The Morgan fingerprint density at radius 1 is 1.10 bits per heavy atom. The number of ether oxygens (including phenoxy) is 3. The molecule has 1 aromatic rings. The van der Waals surface area contributed by atoms with Gasteiger partial charge in [0.2, 0.25) is 5.95 Å². The molecule has 0 aliphatic carbocycles. The first-order valence-corrected chi connectivity index (χ1v) is 7.55. The zero-order chi connectivity index (χ0) is 15.2. The van der Waals surface area contributed by atoms with Gasteiger partial charge in [0.05, 0.1) is 18.8 Å². The van der Waals surface area contributed by atoms with Crippen molar-refractivity contribution in [2.45, 2.75) is 58.8 Å². The van der Waals surface area contributed by atoms with Crippen molar-refractivity contribution in [3.8, 4) is 12.0 Å². The Balaban J connectivity index is 2.10. The van der Waals surface area contributed by atoms with Gasteiger partial charge < -0.3 is 19.5 Å². The fourth-order valence-electron chi connectivity index (χ4n) is 2.41. The molecule has 118 valence electrons. The second-order valence-corrected chi connectivity index (χ2v) is 5.16. The zero-order valence-electron chi connectivity index (χ0n) is 13.1. The predicted octanol–water partition coefficient (Wildman–Crippen LogP) is 2.04. The molecule has 0 spiro atoms. The topological polar surface area (TPSA) is 78.4 Å². The molecule has 1 aliphatic heterocycles. The lowest BCUT2D eigenvalue weighted by Gasteiger charge is -2.31. The van der Waals surface area contributed by atoms with E-state index in [2.05, 4.69) is 34.1 Å². The van der Waals surface area contributed by atoms with E-state index < -0.39 is 0 Å². The maximum Gasteiger partial charge on any atom is 0.324 e. The SMILES string of the molecule is CCNc1nc(OCC)nc(OC2CC(C)OC(C)C2)n1. The molecule has 0 aromatic carbocycles. The quantitative estimate of drug-likeness (QED) is 0.860. The third-order valence-corrected chi connectivity index (χ3v) is 3.13. The molecular formula is C14H24N4O3. The van der Waals surface area contributed by atoms with Crippen LogP contribution in [-0.4, -0.2) is 46.4 Å². The Kier molecular flexibility index (Phi) is 5.55. The van der Waals surface area contributed by atoms with Gasteiger partial charge in [-0.05, 0) is 27.7 Å². The molecular weight excluding hydrogens is 272 g/mol. The van der Waals surface area contributed by atoms with Crippen molar-refractivity contribution in [1.29, 1.82) is 0 Å². The van der Waals surface area contributed by atoms with Gasteiger partial charge in [-0.1, -0.05) is 0 Å². The summed E-state index contributed by atoms with van der Waals surface area (Å²) < 4.78 is 17.0. The first-order chi connectivity index (χ1) is 10.1. The van der Waals surface area contributed by atoms with Gasteiger partial charge in [-0.25, -0.2) is 0 Å². The lowest BCUT2D eigenvalue weighted by molar-refractivity contribution is -0.0739. The summed E-state index contributed by atoms with van der Waals surface area (Å²) in [6.07, 6.45) is 2.07. The highest BCUT2D eigenvalue weighted by molar-refractivity contribution is 5.27. The van der Waals surface area contributed by atoms with Crippen molar-refractivity contribution in [2.24, 2.45) is 0 Å². The fourth-order valence-corrected chi connectivity index (χ4v) is 2.41. The largest absolute Gasteiger partial charge is 0.464 e. The van der Waals surface area contributed by atoms with Crippen LogP contribution in [0, 0.1) is 0 Å². The van der Waals surface area contributed by atoms with E-state index in [1.807, 2.05) is 13.8 Å². The molecule has 2 unspecified atom stereocenters. The Morgan fingerprint density at radius 2 is 1.76 bits per heavy atom. The van der Waals surface area contributed by atoms with Crippen molar-refractivity contribution >= 4 is 5.95 Å². The van der Waals surface area contributed by atoms with E-state index in [-0.39, 0.29) is 24.3 Å². The van der Waals surface area contributed by atoms with Crippen molar-refractivity contribution in [3.63, 3.8) is 0 Å². The van der Waals surface area contributed by atoms with E-state index in [1.54, 1.807) is 0 Å². The van der Waals surface area contributed by atoms with E-state index >= 15 is 0 Å². The molecule has 1 aromatic heterocycles. The molecule has 1 N–H and O–H groups in total. The zero-order valence-corrected chi connectivity index (χ0v) is 13.1. The summed E-state index contributed by atoms with van der Waals surface area (Å²) in [4.78, 5) is 12.7. The molecule has 0 saturated carbocycles. The third-order valence-electron chi connectivity index (χ3n) is 3.13. The average Bonchev–Trinajstić information content (AvgIpc) is 2.37. The molecule has 0 amide bonds. The summed E-state index contributed by atoms with van der Waals surface area (Å²) in [6, 6.07) is 0.585. The minimum Gasteiger partial charge on any atom is -0.464 e. The predicted molar refractivity (Wildman–Crippen MR) is 78.8 cm³/mol. The Labute approximate surface area is 125 Å². The molecule has 21 heavy (non-hydrogen) atoms. The van der Waals surface area contributed by atoms with Crippen molar-refractivity contribution in [2.75, 3.05) is 18.5 Å². The number of hydrogen-bond acceptors (Lipinski definition) is 7. The normalized spacial score (nSPS) is 25.4. The Bertz CT molecular complexity index is 424. The van der Waals surface area contributed by atoms with Gasteiger partial charge in [-0.3, -0.25) is 0 Å². The number of nitrogens with zero attached hydrogens (tertiary/aromatic N) is 3. The van der Waals surface area contributed by atoms with E-state index in [0.29, 0.717) is 18.6 Å². The van der Waals surface area contributed by atoms with Crippen LogP contribution in [0.2, 0.25) is 0 Å². The number of rotatable bonds is 6. The Morgan fingerprint density at radius 3 is 2.38 bits per heavy atom. The second-order valence-electron chi connectivity index (χ2n) is 5.16. The van der Waals surface area contributed by atoms with Crippen LogP contribution in [0.15, 0.2) is 0 Å². The van der Waals surface area contributed by atoms with E-state index in [4.69, 9.17) is 14.2 Å². The molecule has 2 atom stereocenters. The van der Waals surface area contributed by atoms with E-state index in [1.165, 1.54) is 0 Å². The van der Waals surface area contributed by atoms with Crippen LogP contribution in [0.1, 0.15) is 40.5 Å². The molecule has 0 bridgehead atoms. The molecule has 7 heteroatoms. The highest BCUT2D eigenvalue weighted by Gasteiger charge is 2.26. The highest BCUT2D eigenvalue weighted by atomic mass is 16.5. The number of hydrogen-bond donors (Lipinski definition) is 1. The van der Waals surface area contributed by atoms with Gasteiger partial charge in [-0.15, -0.1) is 4.98 Å². The summed E-state index contributed by atoms with van der Waals surface area (Å²) >= 11 is 0. The summed E-state index contributed by atoms with van der Waals surface area (Å²) in [7, 11) is 0. The number of anilines is 1. The summed E-state index contributed by atoms with van der Waals surface area (Å²) in [5, 5.41) is 3.05. The first kappa shape index (κ1) is 15.8. The van der Waals surface area contributed by atoms with Crippen LogP contribution in [0.3, 0.4) is 0 Å². The first-order valence-electron chi connectivity index (χ1n) is 7.55. The molecule has 1 aliphatic rings. The van der Waals surface area contributed by atoms with Crippen LogP contribution in [0.4, 0.5) is 5.95 Å². The van der Waals surface area contributed by atoms with E-state index in [0.717, 1.165) is 19.4 Å². The van der Waals surface area contributed by atoms with Crippen molar-refractivity contribution < 1.29 is 14.2 Å². The lowest BCUT2D eigenvalue weighted by atomic mass is 10.0. The molecule has 1 fully saturated rings. The van der Waals surface area contributed by atoms with Gasteiger partial charge in [0, 0.05) is 19.4 Å². The average molecular weight is 296 g/mol. The van der Waals surface area contributed by atoms with Crippen molar-refractivity contribution in [3.05, 3.63) is 0 Å². The van der Waals surface area contributed by atoms with Crippen molar-refractivity contribution in [1.82, 2.24) is 15.0 Å². The van der Waals surface area contributed by atoms with Gasteiger partial charge in [0.25, 0.3) is 0 Å².